The summed E-state index contributed by atoms with van der Waals surface area (Å²) in [5.74, 6) is 0.853. The van der Waals surface area contributed by atoms with Gasteiger partial charge in [0.25, 0.3) is 0 Å². The van der Waals surface area contributed by atoms with Crippen molar-refractivity contribution in [1.82, 2.24) is 10.2 Å². The summed E-state index contributed by atoms with van der Waals surface area (Å²) in [4.78, 5) is 28.8. The molecule has 0 fully saturated rings. The summed E-state index contributed by atoms with van der Waals surface area (Å²) in [6, 6.07) is 25.2. The molecule has 0 saturated carbocycles. The highest BCUT2D eigenvalue weighted by Gasteiger charge is 2.30. The van der Waals surface area contributed by atoms with Gasteiger partial charge in [-0.25, -0.2) is 0 Å². The summed E-state index contributed by atoms with van der Waals surface area (Å²) < 4.78 is 0. The van der Waals surface area contributed by atoms with Gasteiger partial charge in [0, 0.05) is 30.3 Å². The molecule has 4 nitrogen and oxygen atoms in total. The van der Waals surface area contributed by atoms with Crippen LogP contribution in [-0.4, -0.2) is 35.1 Å². The largest absolute Gasteiger partial charge is 0.354 e. The van der Waals surface area contributed by atoms with E-state index in [9.17, 15) is 9.59 Å². The zero-order valence-electron chi connectivity index (χ0n) is 21.1. The predicted molar refractivity (Wildman–Crippen MR) is 151 cm³/mol. The minimum absolute atomic E-state index is 0.0406. The van der Waals surface area contributed by atoms with Gasteiger partial charge in [0.2, 0.25) is 11.8 Å². The molecule has 0 aliphatic heterocycles. The van der Waals surface area contributed by atoms with Crippen molar-refractivity contribution in [2.75, 3.05) is 12.3 Å². The third-order valence-corrected chi connectivity index (χ3v) is 7.22. The average molecular weight is 523 g/mol. The lowest BCUT2D eigenvalue weighted by Crippen LogP contribution is -2.51. The molecule has 0 bridgehead atoms. The molecule has 0 radical (unpaired) electrons. The van der Waals surface area contributed by atoms with Gasteiger partial charge in [-0.1, -0.05) is 97.2 Å². The fourth-order valence-electron chi connectivity index (χ4n) is 3.87. The van der Waals surface area contributed by atoms with Crippen LogP contribution in [0.5, 0.6) is 0 Å². The van der Waals surface area contributed by atoms with Crippen molar-refractivity contribution in [2.45, 2.75) is 51.4 Å². The number of thioether (sulfide) groups is 1. The fourth-order valence-corrected chi connectivity index (χ4v) is 4.87. The van der Waals surface area contributed by atoms with Crippen LogP contribution in [0.15, 0.2) is 78.9 Å². The summed E-state index contributed by atoms with van der Waals surface area (Å²) in [6.45, 7) is 5.13. The minimum atomic E-state index is -0.589. The number of unbranched alkanes of at least 4 members (excludes halogenated alkanes) is 1. The Bertz CT molecular complexity index is 1090. The summed E-state index contributed by atoms with van der Waals surface area (Å²) in [6.07, 6.45) is 2.38. The zero-order valence-corrected chi connectivity index (χ0v) is 22.7. The third-order valence-electron chi connectivity index (χ3n) is 5.98. The van der Waals surface area contributed by atoms with E-state index >= 15 is 0 Å². The second kappa shape index (κ2) is 14.7. The van der Waals surface area contributed by atoms with Gasteiger partial charge in [0.15, 0.2) is 0 Å². The summed E-state index contributed by atoms with van der Waals surface area (Å²) in [7, 11) is 0. The van der Waals surface area contributed by atoms with Gasteiger partial charge in [0.1, 0.15) is 6.04 Å². The van der Waals surface area contributed by atoms with E-state index in [1.165, 1.54) is 0 Å². The average Bonchev–Trinajstić information content (AvgIpc) is 2.89. The van der Waals surface area contributed by atoms with E-state index in [1.54, 1.807) is 16.7 Å². The van der Waals surface area contributed by atoms with E-state index in [0.717, 1.165) is 35.1 Å². The molecule has 0 aliphatic carbocycles. The zero-order chi connectivity index (χ0) is 25.8. The van der Waals surface area contributed by atoms with Crippen molar-refractivity contribution in [1.29, 1.82) is 0 Å². The number of hydrogen-bond acceptors (Lipinski definition) is 3. The molecule has 3 aromatic rings. The molecule has 3 rings (SSSR count). The van der Waals surface area contributed by atoms with Gasteiger partial charge < -0.3 is 10.2 Å². The third kappa shape index (κ3) is 9.03. The Morgan fingerprint density at radius 2 is 1.58 bits per heavy atom. The summed E-state index contributed by atoms with van der Waals surface area (Å²) >= 11 is 7.55. The molecule has 1 atom stereocenters. The predicted octanol–water partition coefficient (Wildman–Crippen LogP) is 6.44. The highest BCUT2D eigenvalue weighted by molar-refractivity contribution is 7.99. The second-order valence-corrected chi connectivity index (χ2v) is 10.4. The molecule has 6 heteroatoms. The van der Waals surface area contributed by atoms with Crippen LogP contribution in [0, 0.1) is 6.92 Å². The van der Waals surface area contributed by atoms with E-state index in [4.69, 9.17) is 11.6 Å². The Labute approximate surface area is 224 Å². The number of carbonyl (C=O) groups is 2. The number of hydrogen-bond donors (Lipinski definition) is 1. The van der Waals surface area contributed by atoms with Crippen molar-refractivity contribution < 1.29 is 9.59 Å². The van der Waals surface area contributed by atoms with E-state index in [1.807, 2.05) is 85.8 Å². The molecule has 0 heterocycles. The lowest BCUT2D eigenvalue weighted by Gasteiger charge is -2.31. The first-order valence-corrected chi connectivity index (χ1v) is 14.0. The Hall–Kier alpha value is -2.76. The smallest absolute Gasteiger partial charge is 0.243 e. The van der Waals surface area contributed by atoms with Crippen LogP contribution in [0.3, 0.4) is 0 Å². The molecule has 0 unspecified atom stereocenters. The van der Waals surface area contributed by atoms with Crippen LogP contribution < -0.4 is 5.32 Å². The Morgan fingerprint density at radius 1 is 0.917 bits per heavy atom. The fraction of sp³-hybridized carbons (Fsp3) is 0.333. The van der Waals surface area contributed by atoms with E-state index in [2.05, 4.69) is 12.2 Å². The SMILES string of the molecule is CCCCNC(=O)[C@@H](Cc1ccccc1)N(Cc1ccc(C)cc1)C(=O)CSCc1ccc(Cl)cc1. The van der Waals surface area contributed by atoms with Crippen molar-refractivity contribution in [3.05, 3.63) is 106 Å². The first kappa shape index (κ1) is 27.8. The molecule has 190 valence electrons. The van der Waals surface area contributed by atoms with Gasteiger partial charge >= 0.3 is 0 Å². The molecule has 3 aromatic carbocycles. The number of benzene rings is 3. The Morgan fingerprint density at radius 3 is 2.25 bits per heavy atom. The summed E-state index contributed by atoms with van der Waals surface area (Å²) in [5, 5.41) is 3.77. The van der Waals surface area contributed by atoms with Crippen molar-refractivity contribution in [2.24, 2.45) is 0 Å². The van der Waals surface area contributed by atoms with Gasteiger partial charge in [0.05, 0.1) is 5.75 Å². The summed E-state index contributed by atoms with van der Waals surface area (Å²) in [5.41, 5.74) is 4.31. The van der Waals surface area contributed by atoms with E-state index < -0.39 is 6.04 Å². The molecule has 1 N–H and O–H groups in total. The standard InChI is InChI=1S/C30H35ClN2O2S/c1-3-4-18-32-30(35)28(19-24-8-6-5-7-9-24)33(20-25-12-10-23(2)11-13-25)29(34)22-36-21-26-14-16-27(31)17-15-26/h5-17,28H,3-4,18-22H2,1-2H3,(H,32,35)/t28-/m1/s1. The highest BCUT2D eigenvalue weighted by atomic mass is 35.5. The van der Waals surface area contributed by atoms with E-state index in [0.29, 0.717) is 36.0 Å². The molecule has 36 heavy (non-hydrogen) atoms. The molecular weight excluding hydrogens is 488 g/mol. The number of rotatable bonds is 13. The van der Waals surface area contributed by atoms with Crippen molar-refractivity contribution in [3.63, 3.8) is 0 Å². The minimum Gasteiger partial charge on any atom is -0.354 e. The van der Waals surface area contributed by atoms with Crippen LogP contribution in [0.25, 0.3) is 0 Å². The van der Waals surface area contributed by atoms with Gasteiger partial charge in [-0.3, -0.25) is 9.59 Å². The van der Waals surface area contributed by atoms with Crippen molar-refractivity contribution >= 4 is 35.2 Å². The molecular formula is C30H35ClN2O2S. The maximum absolute atomic E-state index is 13.6. The molecule has 0 saturated heterocycles. The molecule has 0 aromatic heterocycles. The van der Waals surface area contributed by atoms with Gasteiger partial charge in [-0.2, -0.15) is 0 Å². The first-order valence-electron chi connectivity index (χ1n) is 12.4. The lowest BCUT2D eigenvalue weighted by molar-refractivity contribution is -0.139. The molecule has 2 amide bonds. The maximum Gasteiger partial charge on any atom is 0.243 e. The molecule has 0 aliphatic rings. The van der Waals surface area contributed by atoms with Crippen molar-refractivity contribution in [3.8, 4) is 0 Å². The number of aryl methyl sites for hydroxylation is 1. The number of carbonyl (C=O) groups excluding carboxylic acids is 2. The highest BCUT2D eigenvalue weighted by Crippen LogP contribution is 2.20. The molecule has 0 spiro atoms. The van der Waals surface area contributed by atoms with Crippen LogP contribution in [0.1, 0.15) is 42.0 Å². The Kier molecular flexibility index (Phi) is 11.4. The monoisotopic (exact) mass is 522 g/mol. The Balaban J connectivity index is 1.81. The normalized spacial score (nSPS) is 11.6. The number of nitrogens with one attached hydrogen (secondary N) is 1. The first-order chi connectivity index (χ1) is 17.5. The van der Waals surface area contributed by atoms with E-state index in [-0.39, 0.29) is 11.8 Å². The van der Waals surface area contributed by atoms with Crippen LogP contribution in [0.4, 0.5) is 0 Å². The topological polar surface area (TPSA) is 49.4 Å². The quantitative estimate of drug-likeness (QED) is 0.263. The van der Waals surface area contributed by atoms with Crippen LogP contribution in [0.2, 0.25) is 5.02 Å². The van der Waals surface area contributed by atoms with Gasteiger partial charge in [-0.05, 0) is 42.2 Å². The second-order valence-electron chi connectivity index (χ2n) is 8.98. The maximum atomic E-state index is 13.6. The lowest BCUT2D eigenvalue weighted by atomic mass is 10.0. The number of amides is 2. The van der Waals surface area contributed by atoms with Gasteiger partial charge in [-0.15, -0.1) is 11.8 Å². The number of halogens is 1. The number of nitrogens with zero attached hydrogens (tertiary/aromatic N) is 1. The van der Waals surface area contributed by atoms with Crippen LogP contribution >= 0.6 is 23.4 Å². The van der Waals surface area contributed by atoms with Crippen LogP contribution in [-0.2, 0) is 28.3 Å².